The van der Waals surface area contributed by atoms with Crippen molar-refractivity contribution in [3.05, 3.63) is 81.0 Å². The summed E-state index contributed by atoms with van der Waals surface area (Å²) in [4.78, 5) is 45.1. The SMILES string of the molecule is C=NC(=N)c1csc([C@@H](C)NC(=O)[C@@H]2C[C@@H](OC(F)F)CN2C(=O)CNC(=O)c2ccc3c(c2)-c2ccccc2C3C)c1. The molecule has 2 heterocycles. The zero-order valence-electron chi connectivity index (χ0n) is 23.6. The van der Waals surface area contributed by atoms with Gasteiger partial charge in [0.25, 0.3) is 5.91 Å². The highest BCUT2D eigenvalue weighted by Crippen LogP contribution is 2.44. The summed E-state index contributed by atoms with van der Waals surface area (Å²) >= 11 is 1.32. The van der Waals surface area contributed by atoms with Crippen LogP contribution in [0.1, 0.15) is 64.2 Å². The van der Waals surface area contributed by atoms with Crippen LogP contribution in [0.2, 0.25) is 0 Å². The summed E-state index contributed by atoms with van der Waals surface area (Å²) in [7, 11) is 0. The number of carbonyl (C=O) groups is 3. The first-order chi connectivity index (χ1) is 20.6. The molecule has 224 valence electrons. The highest BCUT2D eigenvalue weighted by Gasteiger charge is 2.41. The lowest BCUT2D eigenvalue weighted by Crippen LogP contribution is -2.49. The molecule has 1 aliphatic heterocycles. The number of amidine groups is 1. The van der Waals surface area contributed by atoms with Crippen LogP contribution in [0.5, 0.6) is 0 Å². The predicted molar refractivity (Wildman–Crippen MR) is 160 cm³/mol. The number of hydrogen-bond donors (Lipinski definition) is 3. The summed E-state index contributed by atoms with van der Waals surface area (Å²) in [6.07, 6.45) is -1.16. The Morgan fingerprint density at radius 2 is 1.88 bits per heavy atom. The minimum absolute atomic E-state index is 0.00175. The number of thiophene rings is 1. The van der Waals surface area contributed by atoms with Crippen molar-refractivity contribution >= 4 is 41.6 Å². The first-order valence-corrected chi connectivity index (χ1v) is 14.6. The van der Waals surface area contributed by atoms with Gasteiger partial charge in [0.05, 0.1) is 18.7 Å². The molecular formula is C31H31F2N5O4S. The van der Waals surface area contributed by atoms with Gasteiger partial charge in [0.2, 0.25) is 11.8 Å². The Morgan fingerprint density at radius 1 is 1.14 bits per heavy atom. The number of nitrogens with one attached hydrogen (secondary N) is 3. The fourth-order valence-corrected chi connectivity index (χ4v) is 6.60. The van der Waals surface area contributed by atoms with Crippen LogP contribution in [-0.2, 0) is 14.3 Å². The van der Waals surface area contributed by atoms with Gasteiger partial charge in [-0.1, -0.05) is 37.3 Å². The van der Waals surface area contributed by atoms with Crippen LogP contribution in [-0.4, -0.2) is 67.0 Å². The van der Waals surface area contributed by atoms with Crippen LogP contribution in [0.3, 0.4) is 0 Å². The molecule has 2 aromatic carbocycles. The van der Waals surface area contributed by atoms with Gasteiger partial charge in [-0.25, -0.2) is 4.99 Å². The van der Waals surface area contributed by atoms with E-state index in [1.807, 2.05) is 24.3 Å². The number of nitrogens with zero attached hydrogens (tertiary/aromatic N) is 2. The van der Waals surface area contributed by atoms with E-state index < -0.39 is 49.1 Å². The van der Waals surface area contributed by atoms with Crippen molar-refractivity contribution in [1.29, 1.82) is 5.41 Å². The number of carbonyl (C=O) groups excluding carboxylic acids is 3. The smallest absolute Gasteiger partial charge is 0.345 e. The van der Waals surface area contributed by atoms with Crippen molar-refractivity contribution in [2.24, 2.45) is 4.99 Å². The number of rotatable bonds is 9. The van der Waals surface area contributed by atoms with E-state index in [1.54, 1.807) is 30.5 Å². The van der Waals surface area contributed by atoms with Gasteiger partial charge >= 0.3 is 6.61 Å². The Hall–Kier alpha value is -4.29. The number of hydrogen-bond acceptors (Lipinski definition) is 6. The monoisotopic (exact) mass is 607 g/mol. The second kappa shape index (κ2) is 12.5. The molecule has 1 unspecified atom stereocenters. The van der Waals surface area contributed by atoms with Gasteiger partial charge in [-0.05, 0) is 54.1 Å². The van der Waals surface area contributed by atoms with Gasteiger partial charge in [-0.2, -0.15) is 8.78 Å². The van der Waals surface area contributed by atoms with E-state index in [0.717, 1.165) is 21.6 Å². The number of likely N-dealkylation sites (tertiary alicyclic amines) is 1. The molecule has 0 radical (unpaired) electrons. The number of ether oxygens (including phenoxy) is 1. The minimum Gasteiger partial charge on any atom is -0.347 e. The molecule has 4 atom stereocenters. The van der Waals surface area contributed by atoms with Crippen molar-refractivity contribution in [2.45, 2.75) is 51.0 Å². The fourth-order valence-electron chi connectivity index (χ4n) is 5.70. The zero-order valence-corrected chi connectivity index (χ0v) is 24.4. The molecule has 5 rings (SSSR count). The molecule has 1 fully saturated rings. The molecule has 2 aliphatic rings. The van der Waals surface area contributed by atoms with Gasteiger partial charge in [-0.3, -0.25) is 19.8 Å². The van der Waals surface area contributed by atoms with E-state index in [2.05, 4.69) is 40.1 Å². The summed E-state index contributed by atoms with van der Waals surface area (Å²) in [5.74, 6) is -1.39. The summed E-state index contributed by atoms with van der Waals surface area (Å²) in [6.45, 7) is 3.49. The topological polar surface area (TPSA) is 124 Å². The minimum atomic E-state index is -3.06. The normalized spacial score (nSPS) is 19.5. The van der Waals surface area contributed by atoms with Crippen molar-refractivity contribution in [2.75, 3.05) is 13.1 Å². The largest absolute Gasteiger partial charge is 0.347 e. The maximum absolute atomic E-state index is 13.3. The highest BCUT2D eigenvalue weighted by atomic mass is 32.1. The number of aliphatic imine (C=N–C) groups is 1. The van der Waals surface area contributed by atoms with Crippen LogP contribution >= 0.6 is 11.3 Å². The quantitative estimate of drug-likeness (QED) is 0.241. The summed E-state index contributed by atoms with van der Waals surface area (Å²) in [5, 5.41) is 15.0. The molecule has 12 heteroatoms. The van der Waals surface area contributed by atoms with Crippen molar-refractivity contribution in [3.8, 4) is 11.1 Å². The molecule has 0 bridgehead atoms. The average molecular weight is 608 g/mol. The van der Waals surface area contributed by atoms with E-state index in [4.69, 9.17) is 5.41 Å². The molecule has 43 heavy (non-hydrogen) atoms. The zero-order chi connectivity index (χ0) is 30.8. The van der Waals surface area contributed by atoms with Crippen LogP contribution in [0.25, 0.3) is 11.1 Å². The molecule has 0 spiro atoms. The van der Waals surface area contributed by atoms with E-state index in [0.29, 0.717) is 11.1 Å². The Kier molecular flexibility index (Phi) is 8.79. The third kappa shape index (κ3) is 6.25. The third-order valence-corrected chi connectivity index (χ3v) is 9.03. The highest BCUT2D eigenvalue weighted by molar-refractivity contribution is 7.10. The lowest BCUT2D eigenvalue weighted by Gasteiger charge is -2.25. The van der Waals surface area contributed by atoms with Gasteiger partial charge in [0.15, 0.2) is 5.84 Å². The molecule has 1 aliphatic carbocycles. The van der Waals surface area contributed by atoms with Crippen LogP contribution < -0.4 is 10.6 Å². The molecule has 3 N–H and O–H groups in total. The van der Waals surface area contributed by atoms with E-state index in [9.17, 15) is 23.2 Å². The second-order valence-corrected chi connectivity index (χ2v) is 11.5. The first kappa shape index (κ1) is 30.2. The van der Waals surface area contributed by atoms with Crippen LogP contribution in [0.15, 0.2) is 58.9 Å². The van der Waals surface area contributed by atoms with E-state index >= 15 is 0 Å². The van der Waals surface area contributed by atoms with Gasteiger partial charge in [0.1, 0.15) is 6.04 Å². The maximum atomic E-state index is 13.3. The van der Waals surface area contributed by atoms with Gasteiger partial charge < -0.3 is 20.3 Å². The standard InChI is InChI=1S/C31H31F2N5O4S/c1-16-21-6-4-5-7-23(21)24-10-18(8-9-22(16)24)29(40)36-13-27(39)38-14-20(42-31(32)33)12-25(38)30(41)37-17(2)26-11-19(15-43-26)28(34)35-3/h4-11,15-17,20,25,31,34H,3,12-14H2,1-2H3,(H,36,40)(H,37,41)/t16?,17-,20-,25+/m1/s1. The summed E-state index contributed by atoms with van der Waals surface area (Å²) in [6, 6.07) is 13.6. The molecule has 3 aromatic rings. The Morgan fingerprint density at radius 3 is 2.63 bits per heavy atom. The molecule has 3 amide bonds. The number of benzene rings is 2. The molecule has 1 saturated heterocycles. The first-order valence-electron chi connectivity index (χ1n) is 13.8. The summed E-state index contributed by atoms with van der Waals surface area (Å²) in [5.41, 5.74) is 5.27. The van der Waals surface area contributed by atoms with E-state index in [1.165, 1.54) is 21.8 Å². The lowest BCUT2D eigenvalue weighted by atomic mass is 9.98. The van der Waals surface area contributed by atoms with Gasteiger partial charge in [-0.15, -0.1) is 11.3 Å². The molecule has 1 aromatic heterocycles. The fraction of sp³-hybridized carbons (Fsp3) is 0.323. The molecule has 9 nitrogen and oxygen atoms in total. The predicted octanol–water partition coefficient (Wildman–Crippen LogP) is 4.72. The number of alkyl halides is 2. The lowest BCUT2D eigenvalue weighted by molar-refractivity contribution is -0.160. The number of fused-ring (bicyclic) bond motifs is 3. The second-order valence-electron chi connectivity index (χ2n) is 10.6. The van der Waals surface area contributed by atoms with E-state index in [-0.39, 0.29) is 24.7 Å². The Labute approximate surface area is 251 Å². The Balaban J connectivity index is 1.25. The molecular weight excluding hydrogens is 576 g/mol. The van der Waals surface area contributed by atoms with Gasteiger partial charge in [0, 0.05) is 40.3 Å². The Bertz CT molecular complexity index is 1590. The maximum Gasteiger partial charge on any atom is 0.345 e. The average Bonchev–Trinajstić information content (AvgIpc) is 3.72. The van der Waals surface area contributed by atoms with Crippen molar-refractivity contribution < 1.29 is 27.9 Å². The number of halogens is 2. The van der Waals surface area contributed by atoms with Crippen molar-refractivity contribution in [3.63, 3.8) is 0 Å². The van der Waals surface area contributed by atoms with Crippen LogP contribution in [0, 0.1) is 5.41 Å². The molecule has 0 saturated carbocycles. The summed E-state index contributed by atoms with van der Waals surface area (Å²) < 4.78 is 30.7. The third-order valence-electron chi connectivity index (χ3n) is 7.92. The van der Waals surface area contributed by atoms with Crippen LogP contribution in [0.4, 0.5) is 8.78 Å². The van der Waals surface area contributed by atoms with Crippen molar-refractivity contribution in [1.82, 2.24) is 15.5 Å². The number of amides is 3.